The smallest absolute Gasteiger partial charge is 0.211 e. The van der Waals surface area contributed by atoms with Crippen molar-refractivity contribution < 1.29 is 13.5 Å². The second-order valence-corrected chi connectivity index (χ2v) is 8.04. The molecule has 6 nitrogen and oxygen atoms in total. The lowest BCUT2D eigenvalue weighted by Gasteiger charge is -2.41. The van der Waals surface area contributed by atoms with E-state index in [1.165, 1.54) is 23.4 Å². The number of nitrogens with one attached hydrogen (secondary N) is 1. The molecule has 0 bridgehead atoms. The van der Waals surface area contributed by atoms with Crippen LogP contribution in [-0.2, 0) is 10.0 Å². The molecule has 1 saturated carbocycles. The maximum atomic E-state index is 11.5. The van der Waals surface area contributed by atoms with Gasteiger partial charge in [0.05, 0.1) is 18.4 Å². The summed E-state index contributed by atoms with van der Waals surface area (Å²) in [4.78, 5) is 2.28. The van der Waals surface area contributed by atoms with Crippen LogP contribution < -0.4 is 5.32 Å². The number of nitrogens with zero attached hydrogens (tertiary/aromatic N) is 2. The fourth-order valence-corrected chi connectivity index (χ4v) is 4.00. The van der Waals surface area contributed by atoms with Crippen molar-refractivity contribution in [3.63, 3.8) is 0 Å². The number of likely N-dealkylation sites (N-methyl/N-ethyl adjacent to an activating group) is 1. The van der Waals surface area contributed by atoms with Crippen LogP contribution in [-0.4, -0.2) is 80.4 Å². The van der Waals surface area contributed by atoms with Crippen molar-refractivity contribution in [2.75, 3.05) is 52.1 Å². The van der Waals surface area contributed by atoms with Gasteiger partial charge < -0.3 is 10.4 Å². The summed E-state index contributed by atoms with van der Waals surface area (Å²) in [7, 11) is -3.07. The minimum Gasteiger partial charge on any atom is -0.394 e. The molecule has 7 heteroatoms. The van der Waals surface area contributed by atoms with Crippen LogP contribution in [0.15, 0.2) is 0 Å². The molecule has 2 rings (SSSR count). The second kappa shape index (κ2) is 6.27. The summed E-state index contributed by atoms with van der Waals surface area (Å²) < 4.78 is 24.6. The molecule has 2 aliphatic rings. The van der Waals surface area contributed by atoms with Crippen molar-refractivity contribution >= 4 is 10.0 Å². The maximum Gasteiger partial charge on any atom is 0.211 e. The lowest BCUT2D eigenvalue weighted by Crippen LogP contribution is -2.60. The number of aliphatic hydroxyl groups is 1. The van der Waals surface area contributed by atoms with Gasteiger partial charge in [-0.2, -0.15) is 4.31 Å². The standard InChI is InChI=1S/C13H27N3O3S/c1-3-14-13(11-17,12-4-5-12)10-15-6-8-16(9-7-15)20(2,18)19/h12,14,17H,3-11H2,1-2H3. The summed E-state index contributed by atoms with van der Waals surface area (Å²) >= 11 is 0. The normalized spacial score (nSPS) is 25.6. The van der Waals surface area contributed by atoms with Gasteiger partial charge in [-0.05, 0) is 25.3 Å². The maximum absolute atomic E-state index is 11.5. The first-order chi connectivity index (χ1) is 9.41. The quantitative estimate of drug-likeness (QED) is 0.652. The summed E-state index contributed by atoms with van der Waals surface area (Å²) in [6.45, 7) is 6.46. The fraction of sp³-hybridized carbons (Fsp3) is 1.00. The molecule has 0 aromatic heterocycles. The highest BCUT2D eigenvalue weighted by Gasteiger charge is 2.45. The highest BCUT2D eigenvalue weighted by atomic mass is 32.2. The number of hydrogen-bond acceptors (Lipinski definition) is 5. The van der Waals surface area contributed by atoms with Crippen LogP contribution in [0.5, 0.6) is 0 Å². The lowest BCUT2D eigenvalue weighted by molar-refractivity contribution is 0.0760. The molecule has 0 amide bonds. The van der Waals surface area contributed by atoms with Crippen molar-refractivity contribution in [2.24, 2.45) is 5.92 Å². The van der Waals surface area contributed by atoms with Crippen LogP contribution >= 0.6 is 0 Å². The van der Waals surface area contributed by atoms with Gasteiger partial charge in [-0.3, -0.25) is 4.90 Å². The molecule has 1 atom stereocenters. The average Bonchev–Trinajstić information content (AvgIpc) is 3.22. The molecule has 1 heterocycles. The second-order valence-electron chi connectivity index (χ2n) is 6.06. The van der Waals surface area contributed by atoms with Crippen LogP contribution in [0.1, 0.15) is 19.8 Å². The Morgan fingerprint density at radius 3 is 2.25 bits per heavy atom. The molecule has 2 fully saturated rings. The zero-order chi connectivity index (χ0) is 14.8. The van der Waals surface area contributed by atoms with Gasteiger partial charge in [-0.1, -0.05) is 6.92 Å². The molecular formula is C13H27N3O3S. The highest BCUT2D eigenvalue weighted by Crippen LogP contribution is 2.40. The summed E-state index contributed by atoms with van der Waals surface area (Å²) in [5.41, 5.74) is -0.206. The highest BCUT2D eigenvalue weighted by molar-refractivity contribution is 7.88. The van der Waals surface area contributed by atoms with Gasteiger partial charge in [0, 0.05) is 32.7 Å². The zero-order valence-electron chi connectivity index (χ0n) is 12.5. The van der Waals surface area contributed by atoms with Gasteiger partial charge in [0.1, 0.15) is 0 Å². The molecule has 1 saturated heterocycles. The minimum atomic E-state index is -3.07. The van der Waals surface area contributed by atoms with Gasteiger partial charge in [0.15, 0.2) is 0 Å². The Balaban J connectivity index is 1.93. The zero-order valence-corrected chi connectivity index (χ0v) is 13.3. The number of rotatable bonds is 7. The van der Waals surface area contributed by atoms with Gasteiger partial charge in [-0.15, -0.1) is 0 Å². The third-order valence-electron chi connectivity index (χ3n) is 4.48. The Kier molecular flexibility index (Phi) is 5.07. The molecule has 1 aliphatic carbocycles. The first kappa shape index (κ1) is 16.2. The fourth-order valence-electron chi connectivity index (χ4n) is 3.17. The topological polar surface area (TPSA) is 72.9 Å². The lowest BCUT2D eigenvalue weighted by atomic mass is 9.93. The molecule has 118 valence electrons. The minimum absolute atomic E-state index is 0.151. The van der Waals surface area contributed by atoms with Gasteiger partial charge in [0.2, 0.25) is 10.0 Å². The average molecular weight is 305 g/mol. The van der Waals surface area contributed by atoms with Crippen LogP contribution in [0.3, 0.4) is 0 Å². The van der Waals surface area contributed by atoms with E-state index in [0.29, 0.717) is 19.0 Å². The number of piperazine rings is 1. The Morgan fingerprint density at radius 1 is 1.25 bits per heavy atom. The van der Waals surface area contributed by atoms with E-state index in [0.717, 1.165) is 26.2 Å². The van der Waals surface area contributed by atoms with Crippen molar-refractivity contribution in [1.82, 2.24) is 14.5 Å². The Hall–Kier alpha value is -0.210. The summed E-state index contributed by atoms with van der Waals surface area (Å²) in [6, 6.07) is 0. The first-order valence-corrected chi connectivity index (χ1v) is 9.29. The van der Waals surface area contributed by atoms with Crippen molar-refractivity contribution in [3.05, 3.63) is 0 Å². The molecule has 0 aromatic rings. The Morgan fingerprint density at radius 2 is 1.85 bits per heavy atom. The molecule has 0 spiro atoms. The molecule has 1 unspecified atom stereocenters. The molecule has 2 N–H and O–H groups in total. The monoisotopic (exact) mass is 305 g/mol. The van der Waals surface area contributed by atoms with Crippen LogP contribution in [0, 0.1) is 5.92 Å². The number of sulfonamides is 1. The van der Waals surface area contributed by atoms with Gasteiger partial charge in [0.25, 0.3) is 0 Å². The van der Waals surface area contributed by atoms with Crippen molar-refractivity contribution in [1.29, 1.82) is 0 Å². The first-order valence-electron chi connectivity index (χ1n) is 7.44. The molecular weight excluding hydrogens is 278 g/mol. The van der Waals surface area contributed by atoms with Gasteiger partial charge in [-0.25, -0.2) is 8.42 Å². The van der Waals surface area contributed by atoms with Crippen molar-refractivity contribution in [2.45, 2.75) is 25.3 Å². The Labute approximate surface area is 122 Å². The number of hydrogen-bond donors (Lipinski definition) is 2. The van der Waals surface area contributed by atoms with E-state index in [9.17, 15) is 13.5 Å². The van der Waals surface area contributed by atoms with E-state index >= 15 is 0 Å². The summed E-state index contributed by atoms with van der Waals surface area (Å²) in [6.07, 6.45) is 3.62. The van der Waals surface area contributed by atoms with E-state index in [2.05, 4.69) is 17.1 Å². The molecule has 1 aliphatic heterocycles. The molecule has 20 heavy (non-hydrogen) atoms. The number of aliphatic hydroxyl groups excluding tert-OH is 1. The van der Waals surface area contributed by atoms with Gasteiger partial charge >= 0.3 is 0 Å². The largest absolute Gasteiger partial charge is 0.394 e. The van der Waals surface area contributed by atoms with E-state index in [-0.39, 0.29) is 12.1 Å². The van der Waals surface area contributed by atoms with E-state index in [4.69, 9.17) is 0 Å². The summed E-state index contributed by atoms with van der Waals surface area (Å²) in [5.74, 6) is 0.556. The summed E-state index contributed by atoms with van der Waals surface area (Å²) in [5, 5.41) is 13.3. The molecule has 0 aromatic carbocycles. The van der Waals surface area contributed by atoms with E-state index < -0.39 is 10.0 Å². The predicted octanol–water partition coefficient (Wildman–Crippen LogP) is -0.686. The van der Waals surface area contributed by atoms with Crippen LogP contribution in [0.4, 0.5) is 0 Å². The SMILES string of the molecule is CCNC(CO)(CN1CCN(S(C)(=O)=O)CC1)C1CC1. The van der Waals surface area contributed by atoms with Crippen LogP contribution in [0.25, 0.3) is 0 Å². The Bertz CT molecular complexity index is 417. The third kappa shape index (κ3) is 3.71. The van der Waals surface area contributed by atoms with Crippen molar-refractivity contribution in [3.8, 4) is 0 Å². The third-order valence-corrected chi connectivity index (χ3v) is 5.78. The molecule has 0 radical (unpaired) electrons. The van der Waals surface area contributed by atoms with E-state index in [1.807, 2.05) is 0 Å². The van der Waals surface area contributed by atoms with Crippen LogP contribution in [0.2, 0.25) is 0 Å². The predicted molar refractivity (Wildman–Crippen MR) is 79.1 cm³/mol. The van der Waals surface area contributed by atoms with E-state index in [1.54, 1.807) is 0 Å².